The van der Waals surface area contributed by atoms with E-state index in [0.29, 0.717) is 37.6 Å². The third-order valence-electron chi connectivity index (χ3n) is 5.59. The molecule has 3 heterocycles. The Morgan fingerprint density at radius 1 is 1.00 bits per heavy atom. The third kappa shape index (κ3) is 4.79. The van der Waals surface area contributed by atoms with Gasteiger partial charge in [0.2, 0.25) is 21.9 Å². The number of hydrogen-bond donors (Lipinski definition) is 1. The maximum atomic E-state index is 12.7. The Balaban J connectivity index is 1.65. The second kappa shape index (κ2) is 8.30. The average Bonchev–Trinajstić information content (AvgIpc) is 2.64. The van der Waals surface area contributed by atoms with Crippen molar-refractivity contribution in [1.82, 2.24) is 19.2 Å². The highest BCUT2D eigenvalue weighted by atomic mass is 32.2. The molecule has 2 aliphatic heterocycles. The number of sulfonamides is 1. The van der Waals surface area contributed by atoms with E-state index in [9.17, 15) is 13.2 Å². The predicted octanol–water partition coefficient (Wildman–Crippen LogP) is 0.455. The van der Waals surface area contributed by atoms with E-state index in [1.54, 1.807) is 0 Å². The molecule has 156 valence electrons. The molecule has 2 aliphatic rings. The van der Waals surface area contributed by atoms with Crippen LogP contribution in [0, 0.1) is 19.8 Å². The van der Waals surface area contributed by atoms with Crippen LogP contribution in [-0.2, 0) is 14.8 Å². The molecule has 2 saturated heterocycles. The Morgan fingerprint density at radius 2 is 1.54 bits per heavy atom. The van der Waals surface area contributed by atoms with E-state index < -0.39 is 10.0 Å². The van der Waals surface area contributed by atoms with Gasteiger partial charge in [-0.2, -0.15) is 0 Å². The van der Waals surface area contributed by atoms with Crippen LogP contribution in [0.1, 0.15) is 24.2 Å². The fraction of sp³-hybridized carbons (Fsp3) is 0.722. The normalized spacial score (nSPS) is 20.4. The molecular weight excluding hydrogens is 380 g/mol. The summed E-state index contributed by atoms with van der Waals surface area (Å²) in [4.78, 5) is 26.4. The minimum Gasteiger partial charge on any atom is -0.338 e. The number of piperidine rings is 1. The summed E-state index contributed by atoms with van der Waals surface area (Å²) in [7, 11) is -1.09. The summed E-state index contributed by atoms with van der Waals surface area (Å²) in [6, 6.07) is 0. The van der Waals surface area contributed by atoms with Gasteiger partial charge in [-0.25, -0.2) is 22.7 Å². The van der Waals surface area contributed by atoms with E-state index in [-0.39, 0.29) is 11.8 Å². The molecule has 1 N–H and O–H groups in total. The minimum absolute atomic E-state index is 0.0877. The van der Waals surface area contributed by atoms with Gasteiger partial charge in [0.05, 0.1) is 23.3 Å². The van der Waals surface area contributed by atoms with Gasteiger partial charge in [-0.05, 0) is 33.7 Å². The van der Waals surface area contributed by atoms with Gasteiger partial charge in [0, 0.05) is 45.2 Å². The van der Waals surface area contributed by atoms with Crippen LogP contribution in [0.2, 0.25) is 0 Å². The number of carbonyl (C=O) groups excluding carboxylic acids is 1. The Morgan fingerprint density at radius 3 is 2.04 bits per heavy atom. The van der Waals surface area contributed by atoms with Crippen molar-refractivity contribution in [3.05, 3.63) is 11.4 Å². The van der Waals surface area contributed by atoms with Gasteiger partial charge in [-0.3, -0.25) is 4.79 Å². The molecule has 0 atom stereocenters. The minimum atomic E-state index is -3.19. The van der Waals surface area contributed by atoms with E-state index in [1.165, 1.54) is 10.6 Å². The molecule has 0 aromatic carbocycles. The number of aryl methyl sites for hydroxylation is 2. The number of nitrogens with one attached hydrogen (secondary N) is 1. The zero-order valence-corrected chi connectivity index (χ0v) is 17.9. The van der Waals surface area contributed by atoms with Gasteiger partial charge in [-0.15, -0.1) is 0 Å². The average molecular weight is 411 g/mol. The second-order valence-electron chi connectivity index (χ2n) is 7.79. The Labute approximate surface area is 167 Å². The van der Waals surface area contributed by atoms with Crippen molar-refractivity contribution in [2.75, 3.05) is 62.8 Å². The van der Waals surface area contributed by atoms with Crippen LogP contribution >= 0.6 is 0 Å². The number of amides is 1. The number of nitrogens with zero attached hydrogens (tertiary/aromatic N) is 5. The molecule has 3 rings (SSSR count). The predicted molar refractivity (Wildman–Crippen MR) is 109 cm³/mol. The molecule has 0 aliphatic carbocycles. The second-order valence-corrected chi connectivity index (χ2v) is 9.77. The molecule has 0 saturated carbocycles. The molecule has 1 amide bonds. The maximum Gasteiger partial charge on any atom is 0.227 e. The number of hydrogen-bond acceptors (Lipinski definition) is 7. The SMILES string of the molecule is Cc1nc(N2CCN(C)CC2)nc(C)c1NC(=O)C1CCN(S(C)(=O)=O)CC1. The molecule has 2 fully saturated rings. The molecule has 9 nitrogen and oxygen atoms in total. The summed E-state index contributed by atoms with van der Waals surface area (Å²) in [5.41, 5.74) is 2.17. The maximum absolute atomic E-state index is 12.7. The fourth-order valence-electron chi connectivity index (χ4n) is 3.70. The Bertz CT molecular complexity index is 805. The fourth-order valence-corrected chi connectivity index (χ4v) is 4.58. The summed E-state index contributed by atoms with van der Waals surface area (Å²) in [6.45, 7) is 8.27. The lowest BCUT2D eigenvalue weighted by Gasteiger charge is -2.33. The van der Waals surface area contributed by atoms with Crippen LogP contribution in [0.5, 0.6) is 0 Å². The summed E-state index contributed by atoms with van der Waals surface area (Å²) in [5.74, 6) is 0.423. The van der Waals surface area contributed by atoms with Crippen LogP contribution in [0.3, 0.4) is 0 Å². The van der Waals surface area contributed by atoms with E-state index in [2.05, 4.69) is 32.1 Å². The zero-order chi connectivity index (χ0) is 20.5. The highest BCUT2D eigenvalue weighted by molar-refractivity contribution is 7.88. The third-order valence-corrected chi connectivity index (χ3v) is 6.89. The Kier molecular flexibility index (Phi) is 6.21. The topological polar surface area (TPSA) is 98.7 Å². The summed E-state index contributed by atoms with van der Waals surface area (Å²) >= 11 is 0. The number of piperazine rings is 1. The highest BCUT2D eigenvalue weighted by Gasteiger charge is 2.29. The largest absolute Gasteiger partial charge is 0.338 e. The molecule has 0 spiro atoms. The highest BCUT2D eigenvalue weighted by Crippen LogP contribution is 2.25. The van der Waals surface area contributed by atoms with E-state index in [1.807, 2.05) is 13.8 Å². The first-order valence-corrected chi connectivity index (χ1v) is 11.5. The van der Waals surface area contributed by atoms with Gasteiger partial charge in [0.15, 0.2) is 0 Å². The first-order valence-electron chi connectivity index (χ1n) is 9.70. The van der Waals surface area contributed by atoms with Gasteiger partial charge in [0.25, 0.3) is 0 Å². The standard InChI is InChI=1S/C18H30N6O3S/c1-13-16(14(2)20-18(19-13)23-11-9-22(3)10-12-23)21-17(25)15-5-7-24(8-6-15)28(4,26)27/h15H,5-12H2,1-4H3,(H,21,25). The number of aromatic nitrogens is 2. The summed E-state index contributed by atoms with van der Waals surface area (Å²) < 4.78 is 24.7. The first kappa shape index (κ1) is 20.9. The van der Waals surface area contributed by atoms with Crippen LogP contribution in [0.15, 0.2) is 0 Å². The van der Waals surface area contributed by atoms with Crippen molar-refractivity contribution in [1.29, 1.82) is 0 Å². The van der Waals surface area contributed by atoms with E-state index in [0.717, 1.165) is 37.6 Å². The molecule has 0 radical (unpaired) electrons. The van der Waals surface area contributed by atoms with Crippen LogP contribution in [0.4, 0.5) is 11.6 Å². The van der Waals surface area contributed by atoms with E-state index >= 15 is 0 Å². The van der Waals surface area contributed by atoms with Gasteiger partial charge in [0.1, 0.15) is 0 Å². The number of carbonyl (C=O) groups is 1. The zero-order valence-electron chi connectivity index (χ0n) is 17.1. The molecule has 1 aromatic heterocycles. The lowest BCUT2D eigenvalue weighted by Crippen LogP contribution is -2.45. The molecule has 28 heavy (non-hydrogen) atoms. The summed E-state index contributed by atoms with van der Waals surface area (Å²) in [5, 5.41) is 2.98. The lowest BCUT2D eigenvalue weighted by atomic mass is 9.97. The molecule has 0 unspecified atom stereocenters. The van der Waals surface area contributed by atoms with Crippen molar-refractivity contribution in [2.45, 2.75) is 26.7 Å². The lowest BCUT2D eigenvalue weighted by molar-refractivity contribution is -0.120. The summed E-state index contributed by atoms with van der Waals surface area (Å²) in [6.07, 6.45) is 2.26. The van der Waals surface area contributed by atoms with Crippen LogP contribution in [-0.4, -0.2) is 86.1 Å². The van der Waals surface area contributed by atoms with Crippen molar-refractivity contribution >= 4 is 27.6 Å². The number of likely N-dealkylation sites (N-methyl/N-ethyl adjacent to an activating group) is 1. The number of rotatable bonds is 4. The van der Waals surface area contributed by atoms with Crippen LogP contribution < -0.4 is 10.2 Å². The van der Waals surface area contributed by atoms with Crippen molar-refractivity contribution in [3.8, 4) is 0 Å². The molecule has 10 heteroatoms. The monoisotopic (exact) mass is 410 g/mol. The smallest absolute Gasteiger partial charge is 0.227 e. The van der Waals surface area contributed by atoms with Crippen molar-refractivity contribution in [3.63, 3.8) is 0 Å². The molecular formula is C18H30N6O3S. The Hall–Kier alpha value is -1.78. The van der Waals surface area contributed by atoms with Gasteiger partial charge >= 0.3 is 0 Å². The van der Waals surface area contributed by atoms with Crippen molar-refractivity contribution < 1.29 is 13.2 Å². The van der Waals surface area contributed by atoms with Crippen molar-refractivity contribution in [2.24, 2.45) is 5.92 Å². The molecule has 1 aromatic rings. The van der Waals surface area contributed by atoms with Crippen LogP contribution in [0.25, 0.3) is 0 Å². The molecule has 0 bridgehead atoms. The van der Waals surface area contributed by atoms with Gasteiger partial charge < -0.3 is 15.1 Å². The van der Waals surface area contributed by atoms with E-state index in [4.69, 9.17) is 0 Å². The quantitative estimate of drug-likeness (QED) is 0.770. The van der Waals surface area contributed by atoms with Gasteiger partial charge in [-0.1, -0.05) is 0 Å². The number of anilines is 2. The first-order chi connectivity index (χ1) is 13.1.